The average Bonchev–Trinajstić information content (AvgIpc) is 2.48. The number of anilines is 1. The van der Waals surface area contributed by atoms with Crippen LogP contribution in [0.3, 0.4) is 0 Å². The van der Waals surface area contributed by atoms with Crippen LogP contribution in [-0.4, -0.2) is 17.1 Å². The van der Waals surface area contributed by atoms with Crippen LogP contribution < -0.4 is 20.7 Å². The number of hydrazine groups is 1. The van der Waals surface area contributed by atoms with Gasteiger partial charge in [0.1, 0.15) is 0 Å². The number of nitrogens with zero attached hydrogens (tertiary/aromatic N) is 3. The molecule has 1 aromatic heterocycles. The van der Waals surface area contributed by atoms with Crippen LogP contribution in [0.1, 0.15) is 5.56 Å². The van der Waals surface area contributed by atoms with Crippen molar-refractivity contribution in [2.75, 3.05) is 12.5 Å². The number of hydrogen-bond donors (Lipinski definition) is 2. The number of ether oxygens (including phenoxy) is 2. The minimum absolute atomic E-state index is 0.241. The van der Waals surface area contributed by atoms with Gasteiger partial charge in [-0.05, 0) is 12.1 Å². The zero-order chi connectivity index (χ0) is 13.7. The molecule has 3 N–H and O–H groups in total. The van der Waals surface area contributed by atoms with Gasteiger partial charge in [0.25, 0.3) is 0 Å². The third-order valence-corrected chi connectivity index (χ3v) is 2.27. The van der Waals surface area contributed by atoms with E-state index in [2.05, 4.69) is 15.4 Å². The smallest absolute Gasteiger partial charge is 0.240 e. The summed E-state index contributed by atoms with van der Waals surface area (Å²) in [4.78, 5) is 7.88. The summed E-state index contributed by atoms with van der Waals surface area (Å²) in [5, 5.41) is 8.82. The Morgan fingerprint density at radius 1 is 1.32 bits per heavy atom. The van der Waals surface area contributed by atoms with Crippen molar-refractivity contribution < 1.29 is 9.47 Å². The molecule has 1 heterocycles. The summed E-state index contributed by atoms with van der Waals surface area (Å²) in [6.07, 6.45) is 1.51. The Bertz CT molecular complexity index is 624. The van der Waals surface area contributed by atoms with E-state index in [4.69, 9.17) is 20.6 Å². The number of nitriles is 1. The second-order valence-electron chi connectivity index (χ2n) is 3.44. The quantitative estimate of drug-likeness (QED) is 0.630. The van der Waals surface area contributed by atoms with Gasteiger partial charge in [-0.3, -0.25) is 5.43 Å². The molecule has 0 aliphatic heterocycles. The summed E-state index contributed by atoms with van der Waals surface area (Å²) in [5.74, 6) is 6.66. The summed E-state index contributed by atoms with van der Waals surface area (Å²) in [7, 11) is 1.50. The first-order valence-corrected chi connectivity index (χ1v) is 5.32. The van der Waals surface area contributed by atoms with Crippen LogP contribution >= 0.6 is 0 Å². The summed E-state index contributed by atoms with van der Waals surface area (Å²) in [6.45, 7) is 0. The van der Waals surface area contributed by atoms with E-state index in [0.717, 1.165) is 0 Å². The Morgan fingerprint density at radius 2 is 2.16 bits per heavy atom. The molecule has 0 amide bonds. The van der Waals surface area contributed by atoms with Crippen LogP contribution in [0.15, 0.2) is 30.5 Å². The van der Waals surface area contributed by atoms with Crippen LogP contribution in [-0.2, 0) is 0 Å². The van der Waals surface area contributed by atoms with Crippen molar-refractivity contribution in [2.45, 2.75) is 0 Å². The van der Waals surface area contributed by atoms with E-state index in [1.165, 1.54) is 13.3 Å². The number of nitrogens with one attached hydrogen (secondary N) is 1. The average molecular weight is 257 g/mol. The van der Waals surface area contributed by atoms with Gasteiger partial charge in [0, 0.05) is 18.3 Å². The van der Waals surface area contributed by atoms with Crippen molar-refractivity contribution >= 4 is 5.95 Å². The summed E-state index contributed by atoms with van der Waals surface area (Å²) in [6, 6.07) is 8.45. The van der Waals surface area contributed by atoms with Gasteiger partial charge in [0.2, 0.25) is 11.8 Å². The van der Waals surface area contributed by atoms with Gasteiger partial charge in [-0.15, -0.1) is 0 Å². The van der Waals surface area contributed by atoms with Crippen molar-refractivity contribution in [3.63, 3.8) is 0 Å². The van der Waals surface area contributed by atoms with Crippen molar-refractivity contribution in [3.8, 4) is 23.4 Å². The molecule has 0 atom stereocenters. The number of benzene rings is 1. The number of aromatic nitrogens is 2. The summed E-state index contributed by atoms with van der Waals surface area (Å²) in [5.41, 5.74) is 2.81. The standard InChI is InChI=1S/C12H11N5O2/c1-18-10-6-8(7-13)2-3-9(10)19-11-4-5-15-12(16-11)17-14/h2-6H,14H2,1H3,(H,15,16,17). The lowest BCUT2D eigenvalue weighted by Crippen LogP contribution is -2.10. The molecule has 0 saturated carbocycles. The lowest BCUT2D eigenvalue weighted by Gasteiger charge is -2.10. The maximum atomic E-state index is 8.82. The largest absolute Gasteiger partial charge is 0.493 e. The van der Waals surface area contributed by atoms with Gasteiger partial charge in [-0.25, -0.2) is 10.8 Å². The summed E-state index contributed by atoms with van der Waals surface area (Å²) < 4.78 is 10.7. The van der Waals surface area contributed by atoms with E-state index in [0.29, 0.717) is 22.9 Å². The molecule has 19 heavy (non-hydrogen) atoms. The molecule has 0 saturated heterocycles. The number of nitrogens with two attached hydrogens (primary N) is 1. The van der Waals surface area contributed by atoms with Gasteiger partial charge < -0.3 is 9.47 Å². The van der Waals surface area contributed by atoms with Gasteiger partial charge in [-0.2, -0.15) is 10.2 Å². The molecule has 0 bridgehead atoms. The second-order valence-corrected chi connectivity index (χ2v) is 3.44. The maximum absolute atomic E-state index is 8.82. The SMILES string of the molecule is COc1cc(C#N)ccc1Oc1ccnc(NN)n1. The molecule has 2 rings (SSSR count). The normalized spacial score (nSPS) is 9.53. The minimum Gasteiger partial charge on any atom is -0.493 e. The van der Waals surface area contributed by atoms with Crippen molar-refractivity contribution in [1.82, 2.24) is 9.97 Å². The highest BCUT2D eigenvalue weighted by Gasteiger charge is 2.08. The Kier molecular flexibility index (Phi) is 3.75. The fourth-order valence-electron chi connectivity index (χ4n) is 1.40. The lowest BCUT2D eigenvalue weighted by molar-refractivity contribution is 0.374. The predicted molar refractivity (Wildman–Crippen MR) is 67.6 cm³/mol. The Morgan fingerprint density at radius 3 is 2.84 bits per heavy atom. The molecule has 0 radical (unpaired) electrons. The first-order valence-electron chi connectivity index (χ1n) is 5.32. The van der Waals surface area contributed by atoms with E-state index in [9.17, 15) is 0 Å². The number of hydrogen-bond acceptors (Lipinski definition) is 7. The minimum atomic E-state index is 0.241. The molecule has 0 aliphatic rings. The Hall–Kier alpha value is -2.85. The van der Waals surface area contributed by atoms with E-state index >= 15 is 0 Å². The first-order chi connectivity index (χ1) is 9.26. The highest BCUT2D eigenvalue weighted by atomic mass is 16.5. The third kappa shape index (κ3) is 2.88. The van der Waals surface area contributed by atoms with Crippen molar-refractivity contribution in [2.24, 2.45) is 5.84 Å². The van der Waals surface area contributed by atoms with Crippen LogP contribution in [0.25, 0.3) is 0 Å². The Labute approximate surface area is 109 Å². The second kappa shape index (κ2) is 5.66. The zero-order valence-electron chi connectivity index (χ0n) is 10.1. The van der Waals surface area contributed by atoms with Crippen LogP contribution in [0.2, 0.25) is 0 Å². The number of nitrogen functional groups attached to an aromatic ring is 1. The maximum Gasteiger partial charge on any atom is 0.240 e. The van der Waals surface area contributed by atoms with Gasteiger partial charge >= 0.3 is 0 Å². The predicted octanol–water partition coefficient (Wildman–Crippen LogP) is 1.43. The van der Waals surface area contributed by atoms with Crippen LogP contribution in [0.4, 0.5) is 5.95 Å². The van der Waals surface area contributed by atoms with Gasteiger partial charge in [-0.1, -0.05) is 0 Å². The topological polar surface area (TPSA) is 106 Å². The molecular weight excluding hydrogens is 246 g/mol. The van der Waals surface area contributed by atoms with Crippen molar-refractivity contribution in [3.05, 3.63) is 36.0 Å². The fraction of sp³-hybridized carbons (Fsp3) is 0.0833. The molecule has 0 fully saturated rings. The van der Waals surface area contributed by atoms with E-state index in [-0.39, 0.29) is 5.95 Å². The molecule has 0 spiro atoms. The lowest BCUT2D eigenvalue weighted by atomic mass is 10.2. The van der Waals surface area contributed by atoms with E-state index in [1.807, 2.05) is 6.07 Å². The van der Waals surface area contributed by atoms with Gasteiger partial charge in [0.05, 0.1) is 18.7 Å². The van der Waals surface area contributed by atoms with Crippen LogP contribution in [0.5, 0.6) is 17.4 Å². The molecule has 7 heteroatoms. The van der Waals surface area contributed by atoms with Gasteiger partial charge in [0.15, 0.2) is 11.5 Å². The molecule has 0 unspecified atom stereocenters. The third-order valence-electron chi connectivity index (χ3n) is 2.27. The van der Waals surface area contributed by atoms with Crippen molar-refractivity contribution in [1.29, 1.82) is 5.26 Å². The molecular formula is C12H11N5O2. The van der Waals surface area contributed by atoms with E-state index in [1.54, 1.807) is 24.3 Å². The van der Waals surface area contributed by atoms with E-state index < -0.39 is 0 Å². The number of rotatable bonds is 4. The highest BCUT2D eigenvalue weighted by Crippen LogP contribution is 2.31. The Balaban J connectivity index is 2.30. The van der Waals surface area contributed by atoms with Crippen LogP contribution in [0, 0.1) is 11.3 Å². The molecule has 7 nitrogen and oxygen atoms in total. The fourth-order valence-corrected chi connectivity index (χ4v) is 1.40. The summed E-state index contributed by atoms with van der Waals surface area (Å²) >= 11 is 0. The molecule has 2 aromatic rings. The number of methoxy groups -OCH3 is 1. The zero-order valence-corrected chi connectivity index (χ0v) is 10.1. The highest BCUT2D eigenvalue weighted by molar-refractivity contribution is 5.48. The first kappa shape index (κ1) is 12.6. The monoisotopic (exact) mass is 257 g/mol. The molecule has 0 aliphatic carbocycles. The molecule has 96 valence electrons. The molecule has 1 aromatic carbocycles.